The topological polar surface area (TPSA) is 62.7 Å². The number of aromatic nitrogens is 2. The third-order valence-electron chi connectivity index (χ3n) is 5.02. The Hall–Kier alpha value is -1.64. The molecule has 1 aliphatic heterocycles. The zero-order chi connectivity index (χ0) is 21.1. The number of aryl methyl sites for hydroxylation is 2. The average molecular weight is 451 g/mol. The number of ether oxygens (including phenoxy) is 2. The molecule has 6 nitrogen and oxygen atoms in total. The van der Waals surface area contributed by atoms with Crippen molar-refractivity contribution in [2.45, 2.75) is 52.7 Å². The summed E-state index contributed by atoms with van der Waals surface area (Å²) in [6, 6.07) is 7.51. The molecule has 28 heavy (non-hydrogen) atoms. The van der Waals surface area contributed by atoms with Gasteiger partial charge in [-0.2, -0.15) is 0 Å². The number of rotatable bonds is 3. The fourth-order valence-corrected chi connectivity index (χ4v) is 2.74. The van der Waals surface area contributed by atoms with Crippen LogP contribution in [0.1, 0.15) is 39.1 Å². The first-order valence-electron chi connectivity index (χ1n) is 9.05. The first kappa shape index (κ1) is 22.7. The Kier molecular flexibility index (Phi) is 7.12. The van der Waals surface area contributed by atoms with Gasteiger partial charge in [-0.1, -0.05) is 6.07 Å². The van der Waals surface area contributed by atoms with Crippen LogP contribution >= 0.6 is 15.9 Å². The highest BCUT2D eigenvalue weighted by Crippen LogP contribution is 2.36. The van der Waals surface area contributed by atoms with Crippen LogP contribution in [-0.4, -0.2) is 42.5 Å². The Morgan fingerprint density at radius 1 is 0.821 bits per heavy atom. The van der Waals surface area contributed by atoms with E-state index in [1.54, 1.807) is 14.2 Å². The fourth-order valence-electron chi connectivity index (χ4n) is 2.52. The van der Waals surface area contributed by atoms with Crippen LogP contribution in [0, 0.1) is 13.8 Å². The van der Waals surface area contributed by atoms with Crippen LogP contribution in [0.15, 0.2) is 28.7 Å². The highest BCUT2D eigenvalue weighted by atomic mass is 79.9. The van der Waals surface area contributed by atoms with E-state index in [1.807, 2.05) is 65.8 Å². The molecule has 1 aliphatic rings. The van der Waals surface area contributed by atoms with Crippen molar-refractivity contribution in [2.75, 3.05) is 14.2 Å². The molecule has 0 unspecified atom stereocenters. The largest absolute Gasteiger partial charge is 0.496 e. The molecule has 0 N–H and O–H groups in total. The van der Waals surface area contributed by atoms with Crippen LogP contribution in [0.2, 0.25) is 0 Å². The Morgan fingerprint density at radius 2 is 1.29 bits per heavy atom. The molecule has 0 atom stereocenters. The Morgan fingerprint density at radius 3 is 1.71 bits per heavy atom. The van der Waals surface area contributed by atoms with Gasteiger partial charge in [0.25, 0.3) is 0 Å². The quantitative estimate of drug-likeness (QED) is 0.661. The minimum atomic E-state index is -0.367. The van der Waals surface area contributed by atoms with Gasteiger partial charge in [-0.05, 0) is 69.6 Å². The number of hydrogen-bond acceptors (Lipinski definition) is 6. The minimum absolute atomic E-state index is 0.329. The van der Waals surface area contributed by atoms with Crippen LogP contribution in [0.25, 0.3) is 0 Å². The molecule has 0 bridgehead atoms. The van der Waals surface area contributed by atoms with Crippen molar-refractivity contribution in [3.05, 3.63) is 40.1 Å². The normalized spacial score (nSPS) is 17.0. The molecular formula is C20H28BBrN2O4. The summed E-state index contributed by atoms with van der Waals surface area (Å²) in [7, 11) is 2.85. The maximum absolute atomic E-state index is 6.00. The number of pyridine rings is 2. The SMILES string of the molecule is COc1ccc(B2OC(C)(C)C(C)(C)O2)c(C)n1.COc1ccc(Br)c(C)n1. The molecule has 1 fully saturated rings. The van der Waals surface area contributed by atoms with Crippen LogP contribution in [0.3, 0.4) is 0 Å². The van der Waals surface area contributed by atoms with Gasteiger partial charge in [-0.25, -0.2) is 9.97 Å². The van der Waals surface area contributed by atoms with Crippen molar-refractivity contribution in [2.24, 2.45) is 0 Å². The maximum Gasteiger partial charge on any atom is 0.496 e. The van der Waals surface area contributed by atoms with Crippen molar-refractivity contribution in [3.8, 4) is 11.8 Å². The van der Waals surface area contributed by atoms with Gasteiger partial charge in [-0.15, -0.1) is 0 Å². The second kappa shape index (κ2) is 8.80. The summed E-state index contributed by atoms with van der Waals surface area (Å²) >= 11 is 3.34. The zero-order valence-corrected chi connectivity index (χ0v) is 19.4. The number of methoxy groups -OCH3 is 2. The van der Waals surface area contributed by atoms with Gasteiger partial charge in [0.15, 0.2) is 0 Å². The summed E-state index contributed by atoms with van der Waals surface area (Å²) in [6.45, 7) is 12.0. The van der Waals surface area contributed by atoms with E-state index in [2.05, 4.69) is 25.9 Å². The molecule has 2 aromatic rings. The predicted molar refractivity (Wildman–Crippen MR) is 114 cm³/mol. The lowest BCUT2D eigenvalue weighted by molar-refractivity contribution is 0.00578. The van der Waals surface area contributed by atoms with Gasteiger partial charge >= 0.3 is 7.12 Å². The standard InChI is InChI=1S/C13H20BNO3.C7H8BrNO/c1-9-10(7-8-11(15-9)16-6)14-17-12(2,3)13(4,5)18-14;1-5-6(8)3-4-7(9-5)10-2/h7-8H,1-6H3;3-4H,1-2H3. The zero-order valence-electron chi connectivity index (χ0n) is 17.8. The Balaban J connectivity index is 0.000000237. The number of hydrogen-bond donors (Lipinski definition) is 0. The molecule has 152 valence electrons. The van der Waals surface area contributed by atoms with E-state index in [-0.39, 0.29) is 18.3 Å². The van der Waals surface area contributed by atoms with E-state index in [4.69, 9.17) is 18.8 Å². The highest BCUT2D eigenvalue weighted by Gasteiger charge is 2.52. The monoisotopic (exact) mass is 450 g/mol. The van der Waals surface area contributed by atoms with Crippen molar-refractivity contribution in [1.82, 2.24) is 9.97 Å². The molecule has 3 heterocycles. The Bertz CT molecular complexity index is 814. The lowest BCUT2D eigenvalue weighted by atomic mass is 9.78. The average Bonchev–Trinajstić information content (AvgIpc) is 2.85. The molecular weight excluding hydrogens is 423 g/mol. The Labute approximate surface area is 176 Å². The van der Waals surface area contributed by atoms with Gasteiger partial charge in [-0.3, -0.25) is 0 Å². The second-order valence-corrected chi connectivity index (χ2v) is 8.39. The number of halogens is 1. The molecule has 2 aromatic heterocycles. The van der Waals surface area contributed by atoms with Crippen LogP contribution in [0.5, 0.6) is 11.8 Å². The van der Waals surface area contributed by atoms with Gasteiger partial charge in [0.1, 0.15) is 0 Å². The van der Waals surface area contributed by atoms with Crippen LogP contribution < -0.4 is 14.9 Å². The molecule has 0 radical (unpaired) electrons. The molecule has 0 amide bonds. The lowest BCUT2D eigenvalue weighted by Gasteiger charge is -2.32. The summed E-state index contributed by atoms with van der Waals surface area (Å²) in [5, 5.41) is 0. The van der Waals surface area contributed by atoms with Crippen LogP contribution in [-0.2, 0) is 9.31 Å². The molecule has 8 heteroatoms. The molecule has 0 spiro atoms. The van der Waals surface area contributed by atoms with Gasteiger partial charge in [0.2, 0.25) is 11.8 Å². The lowest BCUT2D eigenvalue weighted by Crippen LogP contribution is -2.41. The van der Waals surface area contributed by atoms with E-state index in [0.717, 1.165) is 21.3 Å². The summed E-state index contributed by atoms with van der Waals surface area (Å²) < 4.78 is 23.0. The molecule has 1 saturated heterocycles. The highest BCUT2D eigenvalue weighted by molar-refractivity contribution is 9.10. The van der Waals surface area contributed by atoms with E-state index in [9.17, 15) is 0 Å². The minimum Gasteiger partial charge on any atom is -0.481 e. The third kappa shape index (κ3) is 5.04. The molecule has 3 rings (SSSR count). The summed E-state index contributed by atoms with van der Waals surface area (Å²) in [4.78, 5) is 8.47. The smallest absolute Gasteiger partial charge is 0.481 e. The van der Waals surface area contributed by atoms with E-state index in [0.29, 0.717) is 11.8 Å². The number of nitrogens with zero attached hydrogens (tertiary/aromatic N) is 2. The van der Waals surface area contributed by atoms with Crippen LogP contribution in [0.4, 0.5) is 0 Å². The van der Waals surface area contributed by atoms with Gasteiger partial charge in [0.05, 0.1) is 31.1 Å². The molecule has 0 saturated carbocycles. The first-order chi connectivity index (χ1) is 13.0. The van der Waals surface area contributed by atoms with E-state index < -0.39 is 0 Å². The van der Waals surface area contributed by atoms with Crippen molar-refractivity contribution < 1.29 is 18.8 Å². The summed E-state index contributed by atoms with van der Waals surface area (Å²) in [5.41, 5.74) is 2.11. The van der Waals surface area contributed by atoms with E-state index in [1.165, 1.54) is 0 Å². The maximum atomic E-state index is 6.00. The van der Waals surface area contributed by atoms with Gasteiger partial charge < -0.3 is 18.8 Å². The van der Waals surface area contributed by atoms with Crippen molar-refractivity contribution in [1.29, 1.82) is 0 Å². The predicted octanol–water partition coefficient (Wildman–Crippen LogP) is 3.86. The summed E-state index contributed by atoms with van der Waals surface area (Å²) in [6.07, 6.45) is 0. The van der Waals surface area contributed by atoms with Crippen molar-refractivity contribution in [3.63, 3.8) is 0 Å². The first-order valence-corrected chi connectivity index (χ1v) is 9.84. The third-order valence-corrected chi connectivity index (χ3v) is 5.86. The molecule has 0 aromatic carbocycles. The second-order valence-electron chi connectivity index (χ2n) is 7.54. The van der Waals surface area contributed by atoms with Crippen molar-refractivity contribution >= 4 is 28.5 Å². The molecule has 0 aliphatic carbocycles. The van der Waals surface area contributed by atoms with Gasteiger partial charge in [0, 0.05) is 21.7 Å². The van der Waals surface area contributed by atoms with E-state index >= 15 is 0 Å². The summed E-state index contributed by atoms with van der Waals surface area (Å²) in [5.74, 6) is 1.26. The fraction of sp³-hybridized carbons (Fsp3) is 0.500.